The Kier molecular flexibility index (Phi) is 2.34. The molecule has 4 heteroatoms. The Bertz CT molecular complexity index is 629. The molecule has 0 aliphatic rings. The van der Waals surface area contributed by atoms with Gasteiger partial charge in [-0.3, -0.25) is 9.97 Å². The average molecular weight is 225 g/mol. The van der Waals surface area contributed by atoms with Crippen molar-refractivity contribution in [3.63, 3.8) is 0 Å². The molecule has 0 fully saturated rings. The molecule has 3 aromatic rings. The smallest absolute Gasteiger partial charge is 0.0953 e. The van der Waals surface area contributed by atoms with E-state index >= 15 is 0 Å². The van der Waals surface area contributed by atoms with Crippen LogP contribution in [-0.4, -0.2) is 9.97 Å². The molecule has 84 valence electrons. The molecule has 0 saturated carbocycles. The minimum atomic E-state index is -0.242. The van der Waals surface area contributed by atoms with Crippen LogP contribution in [0.15, 0.2) is 53.6 Å². The second kappa shape index (κ2) is 3.99. The molecule has 0 radical (unpaired) electrons. The molecule has 1 atom stereocenters. The first kappa shape index (κ1) is 9.99. The van der Waals surface area contributed by atoms with Crippen LogP contribution < -0.4 is 5.73 Å². The summed E-state index contributed by atoms with van der Waals surface area (Å²) in [6, 6.07) is 7.45. The lowest BCUT2D eigenvalue weighted by molar-refractivity contribution is 0.562. The molecule has 0 amide bonds. The summed E-state index contributed by atoms with van der Waals surface area (Å²) >= 11 is 0. The Morgan fingerprint density at radius 2 is 2.00 bits per heavy atom. The van der Waals surface area contributed by atoms with Crippen LogP contribution in [0.4, 0.5) is 0 Å². The third-order valence-corrected chi connectivity index (χ3v) is 2.77. The van der Waals surface area contributed by atoms with E-state index < -0.39 is 0 Å². The summed E-state index contributed by atoms with van der Waals surface area (Å²) in [7, 11) is 0. The summed E-state index contributed by atoms with van der Waals surface area (Å²) in [6.07, 6.45) is 6.62. The maximum absolute atomic E-state index is 6.20. The highest BCUT2D eigenvalue weighted by molar-refractivity contribution is 5.78. The zero-order valence-corrected chi connectivity index (χ0v) is 9.08. The van der Waals surface area contributed by atoms with Gasteiger partial charge in [-0.15, -0.1) is 0 Å². The fourth-order valence-corrected chi connectivity index (χ4v) is 1.90. The Labute approximate surface area is 98.1 Å². The molecule has 3 rings (SSSR count). The maximum atomic E-state index is 6.20. The number of fused-ring (bicyclic) bond motifs is 1. The lowest BCUT2D eigenvalue weighted by Gasteiger charge is -2.11. The van der Waals surface area contributed by atoms with Crippen LogP contribution in [0.5, 0.6) is 0 Å². The molecule has 0 aliphatic carbocycles. The van der Waals surface area contributed by atoms with Crippen molar-refractivity contribution in [3.05, 3.63) is 60.3 Å². The van der Waals surface area contributed by atoms with E-state index in [1.54, 1.807) is 24.9 Å². The first-order chi connectivity index (χ1) is 8.36. The quantitative estimate of drug-likeness (QED) is 0.726. The number of rotatable bonds is 2. The Morgan fingerprint density at radius 1 is 1.12 bits per heavy atom. The van der Waals surface area contributed by atoms with E-state index in [2.05, 4.69) is 9.97 Å². The molecule has 17 heavy (non-hydrogen) atoms. The van der Waals surface area contributed by atoms with Gasteiger partial charge >= 0.3 is 0 Å². The summed E-state index contributed by atoms with van der Waals surface area (Å²) in [5.74, 6) is 0. The van der Waals surface area contributed by atoms with E-state index in [4.69, 9.17) is 10.2 Å². The molecule has 2 heterocycles. The van der Waals surface area contributed by atoms with Crippen molar-refractivity contribution in [2.75, 3.05) is 0 Å². The molecular weight excluding hydrogens is 214 g/mol. The first-order valence-electron chi connectivity index (χ1n) is 5.33. The largest absolute Gasteiger partial charge is 0.472 e. The van der Waals surface area contributed by atoms with Crippen molar-refractivity contribution in [1.29, 1.82) is 0 Å². The molecule has 0 spiro atoms. The minimum absolute atomic E-state index is 0.242. The van der Waals surface area contributed by atoms with Gasteiger partial charge in [0.2, 0.25) is 0 Å². The number of para-hydroxylation sites is 1. The zero-order chi connectivity index (χ0) is 11.7. The highest BCUT2D eigenvalue weighted by Gasteiger charge is 2.13. The fraction of sp³-hybridized carbons (Fsp3) is 0.0769. The van der Waals surface area contributed by atoms with Gasteiger partial charge in [-0.05, 0) is 12.1 Å². The van der Waals surface area contributed by atoms with E-state index in [0.29, 0.717) is 0 Å². The van der Waals surface area contributed by atoms with Crippen molar-refractivity contribution in [1.82, 2.24) is 9.97 Å². The van der Waals surface area contributed by atoms with Crippen LogP contribution in [0.3, 0.4) is 0 Å². The highest BCUT2D eigenvalue weighted by atomic mass is 16.3. The summed E-state index contributed by atoms with van der Waals surface area (Å²) < 4.78 is 5.05. The number of aromatic nitrogens is 2. The van der Waals surface area contributed by atoms with Crippen LogP contribution in [0.1, 0.15) is 17.2 Å². The number of nitrogens with two attached hydrogens (primary N) is 1. The molecule has 2 aromatic heterocycles. The van der Waals surface area contributed by atoms with E-state index in [1.165, 1.54) is 0 Å². The van der Waals surface area contributed by atoms with Gasteiger partial charge in [-0.2, -0.15) is 0 Å². The van der Waals surface area contributed by atoms with Crippen molar-refractivity contribution in [2.24, 2.45) is 5.73 Å². The Balaban J connectivity index is 2.17. The predicted molar refractivity (Wildman–Crippen MR) is 64.3 cm³/mol. The van der Waals surface area contributed by atoms with Gasteiger partial charge in [-0.25, -0.2) is 0 Å². The van der Waals surface area contributed by atoms with Gasteiger partial charge in [0.25, 0.3) is 0 Å². The summed E-state index contributed by atoms with van der Waals surface area (Å²) in [5, 5.41) is 0. The first-order valence-corrected chi connectivity index (χ1v) is 5.33. The monoisotopic (exact) mass is 225 g/mol. The van der Waals surface area contributed by atoms with Gasteiger partial charge in [0, 0.05) is 23.5 Å². The second-order valence-electron chi connectivity index (χ2n) is 3.81. The molecule has 1 aromatic carbocycles. The van der Waals surface area contributed by atoms with Gasteiger partial charge < -0.3 is 10.2 Å². The third-order valence-electron chi connectivity index (χ3n) is 2.77. The minimum Gasteiger partial charge on any atom is -0.472 e. The molecule has 2 N–H and O–H groups in total. The lowest BCUT2D eigenvalue weighted by Crippen LogP contribution is -2.11. The Morgan fingerprint density at radius 3 is 2.82 bits per heavy atom. The molecule has 4 nitrogen and oxygen atoms in total. The van der Waals surface area contributed by atoms with E-state index in [9.17, 15) is 0 Å². The zero-order valence-electron chi connectivity index (χ0n) is 9.08. The molecule has 1 unspecified atom stereocenters. The molecule has 0 saturated heterocycles. The van der Waals surface area contributed by atoms with Gasteiger partial charge in [0.05, 0.1) is 29.6 Å². The normalized spacial score (nSPS) is 12.8. The average Bonchev–Trinajstić information content (AvgIpc) is 2.91. The molecular formula is C13H11N3O. The van der Waals surface area contributed by atoms with Crippen molar-refractivity contribution in [3.8, 4) is 0 Å². The van der Waals surface area contributed by atoms with Gasteiger partial charge in [0.1, 0.15) is 0 Å². The number of benzene rings is 1. The summed E-state index contributed by atoms with van der Waals surface area (Å²) in [4.78, 5) is 8.60. The SMILES string of the molecule is NC(c1ccoc1)c1cccc2nccnc12. The summed E-state index contributed by atoms with van der Waals surface area (Å²) in [6.45, 7) is 0. The Hall–Kier alpha value is -2.20. The fourth-order valence-electron chi connectivity index (χ4n) is 1.90. The number of hydrogen-bond acceptors (Lipinski definition) is 4. The van der Waals surface area contributed by atoms with E-state index in [1.807, 2.05) is 24.3 Å². The van der Waals surface area contributed by atoms with Crippen LogP contribution in [0.25, 0.3) is 11.0 Å². The maximum Gasteiger partial charge on any atom is 0.0953 e. The summed E-state index contributed by atoms with van der Waals surface area (Å²) in [5.41, 5.74) is 9.78. The highest BCUT2D eigenvalue weighted by Crippen LogP contribution is 2.24. The van der Waals surface area contributed by atoms with Crippen LogP contribution in [-0.2, 0) is 0 Å². The van der Waals surface area contributed by atoms with E-state index in [-0.39, 0.29) is 6.04 Å². The van der Waals surface area contributed by atoms with Crippen molar-refractivity contribution >= 4 is 11.0 Å². The standard InChI is InChI=1S/C13H11N3O/c14-12(9-4-7-17-8-9)10-2-1-3-11-13(10)16-6-5-15-11/h1-8,12H,14H2. The van der Waals surface area contributed by atoms with E-state index in [0.717, 1.165) is 22.2 Å². The lowest BCUT2D eigenvalue weighted by atomic mass is 10.0. The van der Waals surface area contributed by atoms with Crippen molar-refractivity contribution in [2.45, 2.75) is 6.04 Å². The number of furan rings is 1. The molecule has 0 aliphatic heterocycles. The van der Waals surface area contributed by atoms with Crippen LogP contribution in [0.2, 0.25) is 0 Å². The predicted octanol–water partition coefficient (Wildman–Crippen LogP) is 2.27. The van der Waals surface area contributed by atoms with Crippen LogP contribution >= 0.6 is 0 Å². The second-order valence-corrected chi connectivity index (χ2v) is 3.81. The number of nitrogens with zero attached hydrogens (tertiary/aromatic N) is 2. The topological polar surface area (TPSA) is 64.9 Å². The van der Waals surface area contributed by atoms with Crippen molar-refractivity contribution < 1.29 is 4.42 Å². The van der Waals surface area contributed by atoms with Crippen LogP contribution in [0, 0.1) is 0 Å². The number of hydrogen-bond donors (Lipinski definition) is 1. The molecule has 0 bridgehead atoms. The van der Waals surface area contributed by atoms with Gasteiger partial charge in [0.15, 0.2) is 0 Å². The van der Waals surface area contributed by atoms with Gasteiger partial charge in [-0.1, -0.05) is 12.1 Å². The third kappa shape index (κ3) is 1.68.